The molecule has 0 unspecified atom stereocenters. The van der Waals surface area contributed by atoms with E-state index in [2.05, 4.69) is 9.82 Å². The minimum Gasteiger partial charge on any atom is -0.397 e. The summed E-state index contributed by atoms with van der Waals surface area (Å²) in [6.45, 7) is 0. The third-order valence-corrected chi connectivity index (χ3v) is 3.74. The molecule has 0 saturated heterocycles. The molecule has 1 heterocycles. The second-order valence-electron chi connectivity index (χ2n) is 3.38. The highest BCUT2D eigenvalue weighted by atomic mass is 32.2. The van der Waals surface area contributed by atoms with Gasteiger partial charge in [-0.3, -0.25) is 0 Å². The van der Waals surface area contributed by atoms with Crippen LogP contribution in [0.15, 0.2) is 41.6 Å². The number of nitrogens with two attached hydrogens (primary N) is 1. The van der Waals surface area contributed by atoms with E-state index >= 15 is 0 Å². The molecule has 7 heteroatoms. The molecule has 1 aromatic carbocycles. The van der Waals surface area contributed by atoms with Crippen LogP contribution in [0.4, 0.5) is 5.69 Å². The molecule has 17 heavy (non-hydrogen) atoms. The number of nitrogen functional groups attached to an aromatic ring is 1. The van der Waals surface area contributed by atoms with Gasteiger partial charge in [0.05, 0.1) is 16.3 Å². The molecule has 0 bridgehead atoms. The molecule has 1 aromatic heterocycles. The molecule has 0 radical (unpaired) electrons. The molecule has 0 spiro atoms. The molecule has 0 fully saturated rings. The van der Waals surface area contributed by atoms with Gasteiger partial charge in [0, 0.05) is 12.4 Å². The maximum Gasteiger partial charge on any atom is 0.240 e. The number of rotatable bonds is 3. The summed E-state index contributed by atoms with van der Waals surface area (Å²) in [5.41, 5.74) is 6.81. The van der Waals surface area contributed by atoms with Gasteiger partial charge in [-0.15, -0.1) is 0 Å². The Morgan fingerprint density at radius 1 is 1.41 bits per heavy atom. The zero-order valence-electron chi connectivity index (χ0n) is 9.16. The first-order chi connectivity index (χ1) is 8.04. The van der Waals surface area contributed by atoms with Gasteiger partial charge in [0.25, 0.3) is 0 Å². The van der Waals surface area contributed by atoms with Gasteiger partial charge in [0.15, 0.2) is 0 Å². The third-order valence-electron chi connectivity index (χ3n) is 2.33. The normalized spacial score (nSPS) is 11.6. The van der Waals surface area contributed by atoms with E-state index in [1.807, 2.05) is 0 Å². The molecule has 0 aliphatic heterocycles. The van der Waals surface area contributed by atoms with Crippen LogP contribution in [0.3, 0.4) is 0 Å². The van der Waals surface area contributed by atoms with Crippen molar-refractivity contribution in [3.05, 3.63) is 36.7 Å². The molecule has 0 aliphatic rings. The first-order valence-corrected chi connectivity index (χ1v) is 6.36. The minimum atomic E-state index is -3.47. The SMILES string of the molecule is CNS(=O)(=O)c1ccc(-n2cccn2)c(N)c1. The molecule has 0 atom stereocenters. The maximum atomic E-state index is 11.6. The summed E-state index contributed by atoms with van der Waals surface area (Å²) in [4.78, 5) is 0.133. The molecule has 0 amide bonds. The van der Waals surface area contributed by atoms with Crippen molar-refractivity contribution < 1.29 is 8.42 Å². The van der Waals surface area contributed by atoms with Gasteiger partial charge in [0.1, 0.15) is 0 Å². The molecule has 3 N–H and O–H groups in total. The molecular weight excluding hydrogens is 240 g/mol. The van der Waals surface area contributed by atoms with Gasteiger partial charge in [-0.05, 0) is 31.3 Å². The number of sulfonamides is 1. The van der Waals surface area contributed by atoms with E-state index in [0.29, 0.717) is 11.4 Å². The average molecular weight is 252 g/mol. The molecule has 6 nitrogen and oxygen atoms in total. The van der Waals surface area contributed by atoms with Crippen molar-refractivity contribution in [2.24, 2.45) is 0 Å². The number of nitrogens with one attached hydrogen (secondary N) is 1. The average Bonchev–Trinajstić information content (AvgIpc) is 2.82. The second kappa shape index (κ2) is 4.19. The van der Waals surface area contributed by atoms with Gasteiger partial charge in [0.2, 0.25) is 10.0 Å². The zero-order chi connectivity index (χ0) is 12.5. The van der Waals surface area contributed by atoms with Crippen molar-refractivity contribution in [3.63, 3.8) is 0 Å². The van der Waals surface area contributed by atoms with E-state index in [-0.39, 0.29) is 4.90 Å². The van der Waals surface area contributed by atoms with Crippen molar-refractivity contribution in [1.82, 2.24) is 14.5 Å². The lowest BCUT2D eigenvalue weighted by atomic mass is 10.3. The summed E-state index contributed by atoms with van der Waals surface area (Å²) < 4.78 is 26.9. The number of aromatic nitrogens is 2. The quantitative estimate of drug-likeness (QED) is 0.772. The van der Waals surface area contributed by atoms with Crippen molar-refractivity contribution in [2.75, 3.05) is 12.8 Å². The molecule has 0 saturated carbocycles. The highest BCUT2D eigenvalue weighted by Crippen LogP contribution is 2.20. The summed E-state index contributed by atoms with van der Waals surface area (Å²) in [5.74, 6) is 0. The Balaban J connectivity index is 2.50. The van der Waals surface area contributed by atoms with Crippen molar-refractivity contribution in [3.8, 4) is 5.69 Å². The van der Waals surface area contributed by atoms with Crippen LogP contribution in [0.2, 0.25) is 0 Å². The Hall–Kier alpha value is -1.86. The third kappa shape index (κ3) is 2.15. The van der Waals surface area contributed by atoms with Gasteiger partial charge in [-0.1, -0.05) is 0 Å². The topological polar surface area (TPSA) is 90.0 Å². The molecule has 0 aliphatic carbocycles. The van der Waals surface area contributed by atoms with E-state index in [9.17, 15) is 8.42 Å². The number of hydrogen-bond donors (Lipinski definition) is 2. The van der Waals surface area contributed by atoms with E-state index in [0.717, 1.165) is 0 Å². The van der Waals surface area contributed by atoms with Crippen molar-refractivity contribution in [1.29, 1.82) is 0 Å². The Morgan fingerprint density at radius 2 is 2.18 bits per heavy atom. The van der Waals surface area contributed by atoms with Gasteiger partial charge in [-0.2, -0.15) is 5.10 Å². The van der Waals surface area contributed by atoms with Gasteiger partial charge >= 0.3 is 0 Å². The summed E-state index contributed by atoms with van der Waals surface area (Å²) in [6, 6.07) is 6.27. The Kier molecular flexibility index (Phi) is 2.86. The largest absolute Gasteiger partial charge is 0.397 e. The minimum absolute atomic E-state index is 0.133. The first kappa shape index (κ1) is 11.6. The van der Waals surface area contributed by atoms with Gasteiger partial charge in [-0.25, -0.2) is 17.8 Å². The van der Waals surface area contributed by atoms with E-state index in [4.69, 9.17) is 5.73 Å². The lowest BCUT2D eigenvalue weighted by Gasteiger charge is -2.08. The van der Waals surface area contributed by atoms with Crippen LogP contribution in [-0.4, -0.2) is 25.2 Å². The summed E-state index contributed by atoms with van der Waals surface area (Å²) in [7, 11) is -2.11. The predicted molar refractivity (Wildman–Crippen MR) is 64.2 cm³/mol. The standard InChI is InChI=1S/C10H12N4O2S/c1-12-17(15,16)8-3-4-10(9(11)7-8)14-6-2-5-13-14/h2-7,12H,11H2,1H3. The Labute approximate surface area is 99.1 Å². The lowest BCUT2D eigenvalue weighted by Crippen LogP contribution is -2.18. The maximum absolute atomic E-state index is 11.6. The summed E-state index contributed by atoms with van der Waals surface area (Å²) in [5, 5.41) is 4.03. The van der Waals surface area contributed by atoms with E-state index in [1.54, 1.807) is 29.2 Å². The summed E-state index contributed by atoms with van der Waals surface area (Å²) in [6.07, 6.45) is 3.36. The van der Waals surface area contributed by atoms with Crippen LogP contribution in [0.5, 0.6) is 0 Å². The van der Waals surface area contributed by atoms with Crippen LogP contribution in [0, 0.1) is 0 Å². The van der Waals surface area contributed by atoms with E-state index in [1.165, 1.54) is 19.2 Å². The molecular formula is C10H12N4O2S. The Morgan fingerprint density at radius 3 is 2.71 bits per heavy atom. The van der Waals surface area contributed by atoms with Crippen LogP contribution < -0.4 is 10.5 Å². The van der Waals surface area contributed by atoms with Gasteiger partial charge < -0.3 is 5.73 Å². The number of anilines is 1. The van der Waals surface area contributed by atoms with Crippen LogP contribution >= 0.6 is 0 Å². The fourth-order valence-electron chi connectivity index (χ4n) is 1.44. The molecule has 90 valence electrons. The second-order valence-corrected chi connectivity index (χ2v) is 5.27. The van der Waals surface area contributed by atoms with Crippen molar-refractivity contribution >= 4 is 15.7 Å². The number of nitrogens with zero attached hydrogens (tertiary/aromatic N) is 2. The van der Waals surface area contributed by atoms with Crippen LogP contribution in [-0.2, 0) is 10.0 Å². The monoisotopic (exact) mass is 252 g/mol. The zero-order valence-corrected chi connectivity index (χ0v) is 9.98. The molecule has 2 aromatic rings. The highest BCUT2D eigenvalue weighted by Gasteiger charge is 2.13. The lowest BCUT2D eigenvalue weighted by molar-refractivity contribution is 0.588. The first-order valence-electron chi connectivity index (χ1n) is 4.87. The Bertz CT molecular complexity index is 620. The smallest absolute Gasteiger partial charge is 0.240 e. The van der Waals surface area contributed by atoms with Crippen LogP contribution in [0.1, 0.15) is 0 Å². The highest BCUT2D eigenvalue weighted by molar-refractivity contribution is 7.89. The fourth-order valence-corrected chi connectivity index (χ4v) is 2.20. The van der Waals surface area contributed by atoms with Crippen molar-refractivity contribution in [2.45, 2.75) is 4.90 Å². The molecule has 2 rings (SSSR count). The van der Waals surface area contributed by atoms with E-state index < -0.39 is 10.0 Å². The number of hydrogen-bond acceptors (Lipinski definition) is 4. The number of benzene rings is 1. The fraction of sp³-hybridized carbons (Fsp3) is 0.100. The summed E-state index contributed by atoms with van der Waals surface area (Å²) >= 11 is 0. The predicted octanol–water partition coefficient (Wildman–Crippen LogP) is 0.363. The van der Waals surface area contributed by atoms with Crippen LogP contribution in [0.25, 0.3) is 5.69 Å².